The van der Waals surface area contributed by atoms with Crippen molar-refractivity contribution in [3.8, 4) is 0 Å². The highest BCUT2D eigenvalue weighted by atomic mass is 32.1. The van der Waals surface area contributed by atoms with Crippen molar-refractivity contribution in [3.05, 3.63) is 23.2 Å². The van der Waals surface area contributed by atoms with E-state index in [4.69, 9.17) is 12.2 Å². The Morgan fingerprint density at radius 3 is 3.00 bits per heavy atom. The van der Waals surface area contributed by atoms with Crippen LogP contribution in [0.1, 0.15) is 19.9 Å². The highest BCUT2D eigenvalue weighted by molar-refractivity contribution is 7.71. The van der Waals surface area contributed by atoms with E-state index < -0.39 is 0 Å². The zero-order valence-electron chi connectivity index (χ0n) is 7.61. The van der Waals surface area contributed by atoms with E-state index in [1.54, 1.807) is 6.20 Å². The Morgan fingerprint density at radius 2 is 2.31 bits per heavy atom. The lowest BCUT2D eigenvalue weighted by atomic mass is 10.3. The molecule has 0 aliphatic rings. The molecule has 0 aliphatic heterocycles. The van der Waals surface area contributed by atoms with Crippen LogP contribution in [0.2, 0.25) is 0 Å². The van der Waals surface area contributed by atoms with Crippen LogP contribution in [0.25, 0.3) is 11.0 Å². The summed E-state index contributed by atoms with van der Waals surface area (Å²) in [4.78, 5) is 7.23. The third-order valence-corrected chi connectivity index (χ3v) is 2.34. The van der Waals surface area contributed by atoms with Crippen LogP contribution in [0.5, 0.6) is 0 Å². The average Bonchev–Trinajstić information content (AvgIpc) is 2.39. The molecule has 0 aromatic carbocycles. The maximum Gasteiger partial charge on any atom is 0.178 e. The Morgan fingerprint density at radius 1 is 1.54 bits per heavy atom. The molecule has 2 aromatic heterocycles. The highest BCUT2D eigenvalue weighted by Gasteiger charge is 2.05. The first kappa shape index (κ1) is 8.44. The first-order chi connectivity index (χ1) is 6.20. The van der Waals surface area contributed by atoms with E-state index in [0.717, 1.165) is 15.8 Å². The number of rotatable bonds is 1. The van der Waals surface area contributed by atoms with Crippen molar-refractivity contribution < 1.29 is 0 Å². The van der Waals surface area contributed by atoms with Crippen LogP contribution in [0.3, 0.4) is 0 Å². The Kier molecular flexibility index (Phi) is 1.92. The van der Waals surface area contributed by atoms with Crippen molar-refractivity contribution in [2.24, 2.45) is 0 Å². The molecule has 0 atom stereocenters. The van der Waals surface area contributed by atoms with E-state index in [9.17, 15) is 0 Å². The van der Waals surface area contributed by atoms with Gasteiger partial charge in [-0.1, -0.05) is 0 Å². The van der Waals surface area contributed by atoms with Crippen LogP contribution in [0.15, 0.2) is 18.5 Å². The molecule has 3 nitrogen and oxygen atoms in total. The molecule has 2 rings (SSSR count). The fourth-order valence-electron chi connectivity index (χ4n) is 1.48. The molecule has 0 aliphatic carbocycles. The summed E-state index contributed by atoms with van der Waals surface area (Å²) in [7, 11) is 0. The summed E-state index contributed by atoms with van der Waals surface area (Å²) in [6, 6.07) is 2.30. The molecule has 0 saturated heterocycles. The molecule has 0 fully saturated rings. The number of H-pyrrole nitrogens is 1. The zero-order chi connectivity index (χ0) is 9.42. The van der Waals surface area contributed by atoms with E-state index in [2.05, 4.69) is 28.4 Å². The number of aromatic nitrogens is 3. The molecule has 0 saturated carbocycles. The average molecular weight is 193 g/mol. The van der Waals surface area contributed by atoms with Gasteiger partial charge < -0.3 is 9.55 Å². The Hall–Kier alpha value is -1.16. The van der Waals surface area contributed by atoms with Crippen LogP contribution in [-0.2, 0) is 0 Å². The van der Waals surface area contributed by atoms with Crippen molar-refractivity contribution in [3.63, 3.8) is 0 Å². The monoisotopic (exact) mass is 193 g/mol. The van der Waals surface area contributed by atoms with Crippen LogP contribution in [0.4, 0.5) is 0 Å². The molecular formula is C9H11N3S. The van der Waals surface area contributed by atoms with Gasteiger partial charge in [-0.25, -0.2) is 0 Å². The van der Waals surface area contributed by atoms with Crippen LogP contribution in [-0.4, -0.2) is 14.5 Å². The SMILES string of the molecule is CC(C)n1c(=S)[nH]c2ccncc21. The number of aromatic amines is 1. The molecule has 0 radical (unpaired) electrons. The smallest absolute Gasteiger partial charge is 0.178 e. The number of imidazole rings is 1. The second-order valence-electron chi connectivity index (χ2n) is 3.29. The molecule has 68 valence electrons. The normalized spacial score (nSPS) is 11.3. The molecule has 2 heterocycles. The molecule has 13 heavy (non-hydrogen) atoms. The summed E-state index contributed by atoms with van der Waals surface area (Å²) in [5.41, 5.74) is 2.12. The van der Waals surface area contributed by atoms with E-state index in [-0.39, 0.29) is 0 Å². The number of hydrogen-bond donors (Lipinski definition) is 1. The summed E-state index contributed by atoms with van der Waals surface area (Å²) in [6.45, 7) is 4.21. The molecule has 2 aromatic rings. The van der Waals surface area contributed by atoms with Gasteiger partial charge in [0, 0.05) is 12.2 Å². The predicted octanol–water partition coefficient (Wildman–Crippen LogP) is 2.67. The maximum absolute atomic E-state index is 5.21. The van der Waals surface area contributed by atoms with Crippen molar-refractivity contribution in [1.29, 1.82) is 0 Å². The van der Waals surface area contributed by atoms with Gasteiger partial charge >= 0.3 is 0 Å². The number of nitrogens with one attached hydrogen (secondary N) is 1. The molecule has 4 heteroatoms. The predicted molar refractivity (Wildman–Crippen MR) is 55.3 cm³/mol. The summed E-state index contributed by atoms with van der Waals surface area (Å²) < 4.78 is 2.83. The van der Waals surface area contributed by atoms with Gasteiger partial charge in [0.1, 0.15) is 0 Å². The first-order valence-corrected chi connectivity index (χ1v) is 4.65. The first-order valence-electron chi connectivity index (χ1n) is 4.24. The van der Waals surface area contributed by atoms with Gasteiger partial charge in [0.25, 0.3) is 0 Å². The highest BCUT2D eigenvalue weighted by Crippen LogP contribution is 2.16. The summed E-state index contributed by atoms with van der Waals surface area (Å²) in [5, 5.41) is 0. The molecule has 0 amide bonds. The van der Waals surface area contributed by atoms with Crippen LogP contribution >= 0.6 is 12.2 Å². The van der Waals surface area contributed by atoms with Gasteiger partial charge in [-0.15, -0.1) is 0 Å². The van der Waals surface area contributed by atoms with Crippen molar-refractivity contribution in [1.82, 2.24) is 14.5 Å². The Balaban J connectivity index is 2.87. The number of hydrogen-bond acceptors (Lipinski definition) is 2. The largest absolute Gasteiger partial charge is 0.330 e. The van der Waals surface area contributed by atoms with Gasteiger partial charge in [-0.2, -0.15) is 0 Å². The number of fused-ring (bicyclic) bond motifs is 1. The molecule has 0 bridgehead atoms. The number of nitrogens with zero attached hydrogens (tertiary/aromatic N) is 2. The summed E-state index contributed by atoms with van der Waals surface area (Å²) >= 11 is 5.21. The quantitative estimate of drug-likeness (QED) is 0.706. The minimum absolute atomic E-state index is 0.366. The molecule has 1 N–H and O–H groups in total. The van der Waals surface area contributed by atoms with E-state index in [1.165, 1.54) is 0 Å². The summed E-state index contributed by atoms with van der Waals surface area (Å²) in [5.74, 6) is 0. The lowest BCUT2D eigenvalue weighted by Crippen LogP contribution is -1.99. The van der Waals surface area contributed by atoms with Crippen molar-refractivity contribution in [2.75, 3.05) is 0 Å². The topological polar surface area (TPSA) is 33.6 Å². The van der Waals surface area contributed by atoms with Gasteiger partial charge in [-0.05, 0) is 32.1 Å². The van der Waals surface area contributed by atoms with Crippen molar-refractivity contribution in [2.45, 2.75) is 19.9 Å². The Bertz CT molecular complexity index is 481. The third kappa shape index (κ3) is 1.27. The Labute approximate surface area is 81.4 Å². The van der Waals surface area contributed by atoms with E-state index in [1.807, 2.05) is 12.3 Å². The second kappa shape index (κ2) is 2.96. The lowest BCUT2D eigenvalue weighted by molar-refractivity contribution is 0.609. The third-order valence-electron chi connectivity index (χ3n) is 2.04. The van der Waals surface area contributed by atoms with Gasteiger partial charge in [0.2, 0.25) is 0 Å². The second-order valence-corrected chi connectivity index (χ2v) is 3.67. The molecular weight excluding hydrogens is 182 g/mol. The van der Waals surface area contributed by atoms with Crippen molar-refractivity contribution >= 4 is 23.3 Å². The zero-order valence-corrected chi connectivity index (χ0v) is 8.43. The number of pyridine rings is 1. The molecule has 0 unspecified atom stereocenters. The lowest BCUT2D eigenvalue weighted by Gasteiger charge is -2.06. The maximum atomic E-state index is 5.21. The van der Waals surface area contributed by atoms with Gasteiger partial charge in [-0.3, -0.25) is 4.98 Å². The van der Waals surface area contributed by atoms with Gasteiger partial charge in [0.05, 0.1) is 17.2 Å². The molecule has 0 spiro atoms. The minimum atomic E-state index is 0.366. The fourth-order valence-corrected chi connectivity index (χ4v) is 1.90. The minimum Gasteiger partial charge on any atom is -0.330 e. The van der Waals surface area contributed by atoms with Gasteiger partial charge in [0.15, 0.2) is 4.77 Å². The standard InChI is InChI=1S/C9H11N3S/c1-6(2)12-8-5-10-4-3-7(8)11-9(12)13/h3-6H,1-2H3,(H,11,13). The van der Waals surface area contributed by atoms with Crippen LogP contribution < -0.4 is 0 Å². The van der Waals surface area contributed by atoms with Crippen LogP contribution in [0, 0.1) is 4.77 Å². The van der Waals surface area contributed by atoms with E-state index in [0.29, 0.717) is 6.04 Å². The summed E-state index contributed by atoms with van der Waals surface area (Å²) in [6.07, 6.45) is 3.60. The van der Waals surface area contributed by atoms with E-state index >= 15 is 0 Å². The fraction of sp³-hybridized carbons (Fsp3) is 0.333.